The van der Waals surface area contributed by atoms with Gasteiger partial charge in [0.05, 0.1) is 0 Å². The second kappa shape index (κ2) is 6.34. The van der Waals surface area contributed by atoms with Gasteiger partial charge in [-0.3, -0.25) is 0 Å². The molecule has 0 N–H and O–H groups in total. The average molecular weight is 230 g/mol. The van der Waals surface area contributed by atoms with Gasteiger partial charge in [-0.15, -0.1) is 12.1 Å². The zero-order valence-electron chi connectivity index (χ0n) is 5.48. The van der Waals surface area contributed by atoms with E-state index in [0.717, 1.165) is 10.0 Å². The number of hydrogen-bond acceptors (Lipinski definition) is 0. The first-order valence-electron chi connectivity index (χ1n) is 2.36. The molecule has 0 saturated carbocycles. The third-order valence-corrected chi connectivity index (χ3v) is 1.38. The van der Waals surface area contributed by atoms with Crippen LogP contribution in [0.4, 0.5) is 0 Å². The summed E-state index contributed by atoms with van der Waals surface area (Å²) in [6.07, 6.45) is 0. The molecule has 0 radical (unpaired) electrons. The number of benzene rings is 1. The molecular formula is C7H6BrClMg. The molecule has 1 aromatic carbocycles. The summed E-state index contributed by atoms with van der Waals surface area (Å²) in [5.74, 6) is 0. The Kier molecular flexibility index (Phi) is 8.39. The predicted octanol–water partition coefficient (Wildman–Crippen LogP) is -0.746. The van der Waals surface area contributed by atoms with Crippen molar-refractivity contribution in [2.24, 2.45) is 0 Å². The van der Waals surface area contributed by atoms with Gasteiger partial charge in [0, 0.05) is 0 Å². The van der Waals surface area contributed by atoms with Crippen LogP contribution in [0.3, 0.4) is 0 Å². The Hall–Kier alpha value is 0.626. The third kappa shape index (κ3) is 4.44. The first-order chi connectivity index (χ1) is 3.79. The molecule has 0 heterocycles. The molecule has 0 aliphatic carbocycles. The van der Waals surface area contributed by atoms with Crippen molar-refractivity contribution < 1.29 is 12.4 Å². The molecular weight excluding hydrogens is 224 g/mol. The van der Waals surface area contributed by atoms with E-state index in [1.807, 2.05) is 24.3 Å². The second-order valence-corrected chi connectivity index (χ2v) is 2.55. The maximum atomic E-state index is 3.75. The number of rotatable bonds is 0. The van der Waals surface area contributed by atoms with Crippen molar-refractivity contribution in [2.75, 3.05) is 0 Å². The minimum atomic E-state index is 0. The predicted molar refractivity (Wildman–Crippen MR) is 44.4 cm³/mol. The normalized spacial score (nSPS) is 7.30. The molecule has 1 rings (SSSR count). The fourth-order valence-electron chi connectivity index (χ4n) is 0.537. The van der Waals surface area contributed by atoms with Crippen molar-refractivity contribution in [2.45, 2.75) is 0 Å². The minimum absolute atomic E-state index is 0. The molecule has 0 bridgehead atoms. The number of hydrogen-bond donors (Lipinski definition) is 0. The van der Waals surface area contributed by atoms with Gasteiger partial charge in [0.2, 0.25) is 0 Å². The van der Waals surface area contributed by atoms with Crippen molar-refractivity contribution in [1.29, 1.82) is 0 Å². The van der Waals surface area contributed by atoms with Crippen molar-refractivity contribution in [1.82, 2.24) is 0 Å². The van der Waals surface area contributed by atoms with Crippen LogP contribution in [0.25, 0.3) is 0 Å². The van der Waals surface area contributed by atoms with Crippen molar-refractivity contribution in [3.63, 3.8) is 0 Å². The van der Waals surface area contributed by atoms with Crippen LogP contribution in [-0.4, -0.2) is 23.1 Å². The average Bonchev–Trinajstić information content (AvgIpc) is 1.64. The van der Waals surface area contributed by atoms with E-state index in [1.165, 1.54) is 0 Å². The van der Waals surface area contributed by atoms with Gasteiger partial charge in [-0.25, -0.2) is 0 Å². The van der Waals surface area contributed by atoms with E-state index in [-0.39, 0.29) is 35.5 Å². The fourth-order valence-corrected chi connectivity index (χ4v) is 0.984. The zero-order valence-corrected chi connectivity index (χ0v) is 9.24. The first kappa shape index (κ1) is 13.2. The van der Waals surface area contributed by atoms with Crippen molar-refractivity contribution >= 4 is 39.0 Å². The fraction of sp³-hybridized carbons (Fsp3) is 0. The Morgan fingerprint density at radius 1 is 1.30 bits per heavy atom. The van der Waals surface area contributed by atoms with Crippen LogP contribution >= 0.6 is 15.9 Å². The number of halogens is 2. The molecule has 0 amide bonds. The Labute approximate surface area is 92.1 Å². The Balaban J connectivity index is 0. The summed E-state index contributed by atoms with van der Waals surface area (Å²) < 4.78 is 1.09. The quantitative estimate of drug-likeness (QED) is 0.406. The van der Waals surface area contributed by atoms with Gasteiger partial charge in [0.15, 0.2) is 0 Å². The molecule has 0 saturated heterocycles. The van der Waals surface area contributed by atoms with Gasteiger partial charge in [-0.05, 0) is 4.47 Å². The van der Waals surface area contributed by atoms with E-state index in [1.54, 1.807) is 0 Å². The summed E-state index contributed by atoms with van der Waals surface area (Å²) in [7, 11) is 0. The van der Waals surface area contributed by atoms with Crippen molar-refractivity contribution in [3.8, 4) is 0 Å². The van der Waals surface area contributed by atoms with Gasteiger partial charge in [-0.2, -0.15) is 18.6 Å². The van der Waals surface area contributed by atoms with E-state index >= 15 is 0 Å². The van der Waals surface area contributed by atoms with Crippen LogP contribution in [0.1, 0.15) is 5.56 Å². The van der Waals surface area contributed by atoms with E-state index in [0.29, 0.717) is 0 Å². The Morgan fingerprint density at radius 2 is 1.90 bits per heavy atom. The molecule has 10 heavy (non-hydrogen) atoms. The zero-order chi connectivity index (χ0) is 5.98. The third-order valence-electron chi connectivity index (χ3n) is 0.889. The standard InChI is InChI=1S/C7H6Br.ClH.Mg/c1-6-3-2-4-7(8)5-6;;/h2-5H,1H2;1H;/q-1;;+2/p-1. The van der Waals surface area contributed by atoms with Crippen LogP contribution in [0.2, 0.25) is 0 Å². The first-order valence-corrected chi connectivity index (χ1v) is 3.16. The van der Waals surface area contributed by atoms with Crippen LogP contribution in [0.5, 0.6) is 0 Å². The monoisotopic (exact) mass is 228 g/mol. The molecule has 0 fully saturated rings. The summed E-state index contributed by atoms with van der Waals surface area (Å²) in [5.41, 5.74) is 1.04. The van der Waals surface area contributed by atoms with Crippen LogP contribution < -0.4 is 12.4 Å². The maximum absolute atomic E-state index is 3.75. The van der Waals surface area contributed by atoms with Gasteiger partial charge < -0.3 is 12.4 Å². The summed E-state index contributed by atoms with van der Waals surface area (Å²) >= 11 is 3.32. The largest absolute Gasteiger partial charge is 2.00 e. The molecule has 0 aliphatic rings. The summed E-state index contributed by atoms with van der Waals surface area (Å²) in [5, 5.41) is 0. The SMILES string of the molecule is [CH2-]c1cccc(Br)c1.[Cl-].[Mg+2]. The Bertz CT molecular complexity index is 173. The van der Waals surface area contributed by atoms with Crippen LogP contribution in [0.15, 0.2) is 28.7 Å². The van der Waals surface area contributed by atoms with Gasteiger partial charge >= 0.3 is 23.1 Å². The Morgan fingerprint density at radius 3 is 2.20 bits per heavy atom. The summed E-state index contributed by atoms with van der Waals surface area (Å²) in [6, 6.07) is 7.88. The van der Waals surface area contributed by atoms with E-state index in [2.05, 4.69) is 22.9 Å². The molecule has 1 aromatic rings. The topological polar surface area (TPSA) is 0 Å². The smallest absolute Gasteiger partial charge is 1.00 e. The molecule has 0 aromatic heterocycles. The molecule has 0 nitrogen and oxygen atoms in total. The molecule has 0 atom stereocenters. The molecule has 50 valence electrons. The molecule has 0 aliphatic heterocycles. The molecule has 3 heteroatoms. The van der Waals surface area contributed by atoms with E-state index in [9.17, 15) is 0 Å². The van der Waals surface area contributed by atoms with Gasteiger partial charge in [0.25, 0.3) is 0 Å². The summed E-state index contributed by atoms with van der Waals surface area (Å²) in [4.78, 5) is 0. The maximum Gasteiger partial charge on any atom is 2.00 e. The summed E-state index contributed by atoms with van der Waals surface area (Å²) in [6.45, 7) is 3.75. The minimum Gasteiger partial charge on any atom is -1.00 e. The van der Waals surface area contributed by atoms with Crippen LogP contribution in [-0.2, 0) is 0 Å². The molecule has 0 spiro atoms. The van der Waals surface area contributed by atoms with Gasteiger partial charge in [-0.1, -0.05) is 22.0 Å². The van der Waals surface area contributed by atoms with E-state index in [4.69, 9.17) is 0 Å². The van der Waals surface area contributed by atoms with Gasteiger partial charge in [0.1, 0.15) is 0 Å². The van der Waals surface area contributed by atoms with E-state index < -0.39 is 0 Å². The van der Waals surface area contributed by atoms with Crippen molar-refractivity contribution in [3.05, 3.63) is 41.2 Å². The van der Waals surface area contributed by atoms with Crippen LogP contribution in [0, 0.1) is 6.92 Å². The second-order valence-electron chi connectivity index (χ2n) is 1.63. The molecule has 0 unspecified atom stereocenters.